The van der Waals surface area contributed by atoms with E-state index in [4.69, 9.17) is 11.6 Å². The van der Waals surface area contributed by atoms with Crippen molar-refractivity contribution in [1.29, 1.82) is 0 Å². The Morgan fingerprint density at radius 1 is 1.10 bits per heavy atom. The van der Waals surface area contributed by atoms with Gasteiger partial charge in [0.2, 0.25) is 15.9 Å². The van der Waals surface area contributed by atoms with E-state index in [0.29, 0.717) is 11.0 Å². The number of carbonyl (C=O) groups excluding carboxylic acids is 1. The zero-order valence-corrected chi connectivity index (χ0v) is 17.2. The number of alkyl halides is 6. The first-order chi connectivity index (χ1) is 13.6. The Morgan fingerprint density at radius 3 is 2.17 bits per heavy atom. The molecule has 1 amide bonds. The highest BCUT2D eigenvalue weighted by Gasteiger charge is 2.36. The van der Waals surface area contributed by atoms with Gasteiger partial charge in [0.05, 0.1) is 22.0 Å². The van der Waals surface area contributed by atoms with E-state index in [0.717, 1.165) is 23.5 Å². The number of halogens is 7. The molecule has 1 aromatic rings. The third kappa shape index (κ3) is 6.22. The first kappa shape index (κ1) is 24.7. The average molecular weight is 482 g/mol. The Bertz CT molecular complexity index is 883. The smallest absolute Gasteiger partial charge is 0.336 e. The topological polar surface area (TPSA) is 60.9 Å². The van der Waals surface area contributed by atoms with E-state index in [-0.39, 0.29) is 32.7 Å². The van der Waals surface area contributed by atoms with E-state index >= 15 is 0 Å². The van der Waals surface area contributed by atoms with Gasteiger partial charge in [-0.05, 0) is 18.2 Å². The maximum Gasteiger partial charge on any atom is 0.417 e. The number of carbonyl (C=O) groups is 1. The highest BCUT2D eigenvalue weighted by molar-refractivity contribution is 7.89. The second-order valence-corrected chi connectivity index (χ2v) is 9.03. The molecule has 30 heavy (non-hydrogen) atoms. The normalized spacial score (nSPS) is 17.2. The van der Waals surface area contributed by atoms with Gasteiger partial charge < -0.3 is 4.90 Å². The highest BCUT2D eigenvalue weighted by atomic mass is 35.5. The number of amides is 1. The lowest BCUT2D eigenvalue weighted by Gasteiger charge is -2.34. The van der Waals surface area contributed by atoms with Crippen LogP contribution in [0.4, 0.5) is 26.3 Å². The molecule has 1 heterocycles. The summed E-state index contributed by atoms with van der Waals surface area (Å²) in [7, 11) is -3.24. The maximum absolute atomic E-state index is 13.0. The first-order valence-corrected chi connectivity index (χ1v) is 10.3. The molecule has 0 N–H and O–H groups in total. The van der Waals surface area contributed by atoms with Gasteiger partial charge in [0.25, 0.3) is 0 Å². The van der Waals surface area contributed by atoms with Crippen molar-refractivity contribution in [3.05, 3.63) is 28.8 Å². The van der Waals surface area contributed by atoms with Crippen LogP contribution in [0.15, 0.2) is 23.1 Å². The zero-order valence-electron chi connectivity index (χ0n) is 15.6. The fourth-order valence-electron chi connectivity index (χ4n) is 2.83. The zero-order chi connectivity index (χ0) is 22.9. The Hall–Kier alpha value is -1.57. The largest absolute Gasteiger partial charge is 0.417 e. The van der Waals surface area contributed by atoms with Crippen LogP contribution in [0.5, 0.6) is 0 Å². The van der Waals surface area contributed by atoms with Gasteiger partial charge in [-0.15, -0.1) is 0 Å². The number of nitrogens with zero attached hydrogens (tertiary/aromatic N) is 3. The third-order valence-electron chi connectivity index (χ3n) is 4.41. The summed E-state index contributed by atoms with van der Waals surface area (Å²) in [6, 6.07) is 2.28. The van der Waals surface area contributed by atoms with E-state index in [1.165, 1.54) is 4.90 Å². The summed E-state index contributed by atoms with van der Waals surface area (Å²) in [4.78, 5) is 13.3. The molecule has 0 saturated carbocycles. The second kappa shape index (κ2) is 8.89. The van der Waals surface area contributed by atoms with Crippen molar-refractivity contribution in [3.8, 4) is 0 Å². The number of rotatable bonds is 5. The van der Waals surface area contributed by atoms with E-state index in [1.54, 1.807) is 0 Å². The molecule has 0 bridgehead atoms. The number of sulfonamides is 1. The predicted molar refractivity (Wildman–Crippen MR) is 95.3 cm³/mol. The molecule has 170 valence electrons. The molecular weight excluding hydrogens is 464 g/mol. The molecule has 6 nitrogen and oxygen atoms in total. The molecule has 0 radical (unpaired) electrons. The Kier molecular flexibility index (Phi) is 7.32. The fourth-order valence-corrected chi connectivity index (χ4v) is 4.50. The van der Waals surface area contributed by atoms with Crippen LogP contribution in [0.2, 0.25) is 5.02 Å². The van der Waals surface area contributed by atoms with Crippen molar-refractivity contribution in [2.75, 3.05) is 46.3 Å². The summed E-state index contributed by atoms with van der Waals surface area (Å²) in [6.45, 7) is -1.95. The molecule has 1 fully saturated rings. The van der Waals surface area contributed by atoms with Gasteiger partial charge in [-0.25, -0.2) is 8.42 Å². The minimum absolute atomic E-state index is 0.0323. The van der Waals surface area contributed by atoms with Crippen molar-refractivity contribution in [2.45, 2.75) is 17.2 Å². The molecular formula is C16H18ClF6N3O3S. The molecule has 0 aliphatic carbocycles. The molecule has 0 atom stereocenters. The predicted octanol–water partition coefficient (Wildman–Crippen LogP) is 2.69. The first-order valence-electron chi connectivity index (χ1n) is 8.51. The van der Waals surface area contributed by atoms with Crippen LogP contribution in [-0.2, 0) is 21.0 Å². The second-order valence-electron chi connectivity index (χ2n) is 6.68. The number of benzene rings is 1. The molecule has 0 aromatic heterocycles. The highest BCUT2D eigenvalue weighted by Crippen LogP contribution is 2.36. The van der Waals surface area contributed by atoms with Crippen LogP contribution in [0.25, 0.3) is 0 Å². The van der Waals surface area contributed by atoms with Crippen molar-refractivity contribution in [3.63, 3.8) is 0 Å². The summed E-state index contributed by atoms with van der Waals surface area (Å²) in [5.41, 5.74) is -1.28. The Labute approximate surface area is 174 Å². The summed E-state index contributed by atoms with van der Waals surface area (Å²) in [5, 5.41) is -0.632. The lowest BCUT2D eigenvalue weighted by molar-refractivity contribution is -0.159. The van der Waals surface area contributed by atoms with Gasteiger partial charge in [-0.2, -0.15) is 30.6 Å². The van der Waals surface area contributed by atoms with Crippen molar-refractivity contribution in [1.82, 2.24) is 14.1 Å². The SMILES string of the molecule is CN(CC(F)(F)F)C(=O)CN1CCN(S(=O)(=O)c2ccc(Cl)c(C(F)(F)F)c2)CC1. The van der Waals surface area contributed by atoms with Crippen molar-refractivity contribution in [2.24, 2.45) is 0 Å². The number of hydrogen-bond acceptors (Lipinski definition) is 4. The molecule has 1 aliphatic heterocycles. The standard InChI is InChI=1S/C16H18ClF6N3O3S/c1-24(10-15(18,19)20)14(27)9-25-4-6-26(7-5-25)30(28,29)11-2-3-13(17)12(8-11)16(21,22)23/h2-3,8H,4-7,9-10H2,1H3. The van der Waals surface area contributed by atoms with Gasteiger partial charge in [0.15, 0.2) is 0 Å². The monoisotopic (exact) mass is 481 g/mol. The van der Waals surface area contributed by atoms with Crippen LogP contribution in [-0.4, -0.2) is 80.9 Å². The summed E-state index contributed by atoms with van der Waals surface area (Å²) >= 11 is 5.51. The number of hydrogen-bond donors (Lipinski definition) is 0. The van der Waals surface area contributed by atoms with Crippen LogP contribution < -0.4 is 0 Å². The van der Waals surface area contributed by atoms with Gasteiger partial charge >= 0.3 is 12.4 Å². The van der Waals surface area contributed by atoms with E-state index in [9.17, 15) is 39.6 Å². The van der Waals surface area contributed by atoms with Gasteiger partial charge in [0.1, 0.15) is 6.54 Å². The molecule has 2 rings (SSSR count). The number of likely N-dealkylation sites (N-methyl/N-ethyl adjacent to an activating group) is 1. The minimum Gasteiger partial charge on any atom is -0.336 e. The molecule has 1 aromatic carbocycles. The summed E-state index contributed by atoms with van der Waals surface area (Å²) < 4.78 is 102. The minimum atomic E-state index is -4.83. The third-order valence-corrected chi connectivity index (χ3v) is 6.64. The van der Waals surface area contributed by atoms with Crippen LogP contribution in [0.1, 0.15) is 5.56 Å². The van der Waals surface area contributed by atoms with Gasteiger partial charge in [0, 0.05) is 33.2 Å². The molecule has 0 spiro atoms. The van der Waals surface area contributed by atoms with Crippen molar-refractivity contribution < 1.29 is 39.6 Å². The van der Waals surface area contributed by atoms with Crippen LogP contribution in [0, 0.1) is 0 Å². The van der Waals surface area contributed by atoms with Crippen LogP contribution in [0.3, 0.4) is 0 Å². The summed E-state index contributed by atoms with van der Waals surface area (Å²) in [6.07, 6.45) is -9.37. The Balaban J connectivity index is 2.03. The van der Waals surface area contributed by atoms with E-state index in [2.05, 4.69) is 0 Å². The summed E-state index contributed by atoms with van der Waals surface area (Å²) in [5.74, 6) is -0.781. The lowest BCUT2D eigenvalue weighted by atomic mass is 10.2. The molecule has 1 aliphatic rings. The van der Waals surface area contributed by atoms with Crippen LogP contribution >= 0.6 is 11.6 Å². The van der Waals surface area contributed by atoms with Gasteiger partial charge in [-0.3, -0.25) is 9.69 Å². The van der Waals surface area contributed by atoms with Gasteiger partial charge in [-0.1, -0.05) is 11.6 Å². The van der Waals surface area contributed by atoms with Crippen molar-refractivity contribution >= 4 is 27.5 Å². The lowest BCUT2D eigenvalue weighted by Crippen LogP contribution is -2.51. The molecule has 14 heteroatoms. The number of piperazine rings is 1. The average Bonchev–Trinajstić information content (AvgIpc) is 2.60. The molecule has 0 unspecified atom stereocenters. The van der Waals surface area contributed by atoms with E-state index < -0.39 is 50.3 Å². The molecule has 1 saturated heterocycles. The van der Waals surface area contributed by atoms with E-state index in [1.807, 2.05) is 0 Å². The Morgan fingerprint density at radius 2 is 1.67 bits per heavy atom. The fraction of sp³-hybridized carbons (Fsp3) is 0.562. The maximum atomic E-state index is 13.0. The quantitative estimate of drug-likeness (QED) is 0.607.